The van der Waals surface area contributed by atoms with Crippen molar-refractivity contribution in [2.45, 2.75) is 39.5 Å². The van der Waals surface area contributed by atoms with Crippen molar-refractivity contribution >= 4 is 0 Å². The maximum atomic E-state index is 12.2. The molecule has 2 atom stereocenters. The highest BCUT2D eigenvalue weighted by Crippen LogP contribution is 2.20. The van der Waals surface area contributed by atoms with Gasteiger partial charge in [0.1, 0.15) is 5.75 Å². The van der Waals surface area contributed by atoms with Gasteiger partial charge in [-0.3, -0.25) is 0 Å². The normalized spacial score (nSPS) is 14.4. The predicted molar refractivity (Wildman–Crippen MR) is 70.2 cm³/mol. The monoisotopic (exact) mass is 273 g/mol. The molecular weight excluding hydrogens is 252 g/mol. The Kier molecular flexibility index (Phi) is 6.73. The van der Waals surface area contributed by atoms with Crippen molar-refractivity contribution < 1.29 is 18.6 Å². The van der Waals surface area contributed by atoms with Crippen LogP contribution in [0.15, 0.2) is 24.3 Å². The summed E-state index contributed by atoms with van der Waals surface area (Å²) in [4.78, 5) is 0. The lowest BCUT2D eigenvalue weighted by atomic mass is 10.0. The van der Waals surface area contributed by atoms with Crippen molar-refractivity contribution in [2.75, 3.05) is 6.54 Å². The van der Waals surface area contributed by atoms with Gasteiger partial charge in [-0.2, -0.15) is 8.78 Å². The van der Waals surface area contributed by atoms with Gasteiger partial charge in [-0.05, 0) is 31.9 Å². The predicted octanol–water partition coefficient (Wildman–Crippen LogP) is 2.78. The van der Waals surface area contributed by atoms with Crippen molar-refractivity contribution in [1.29, 1.82) is 0 Å². The molecule has 19 heavy (non-hydrogen) atoms. The summed E-state index contributed by atoms with van der Waals surface area (Å²) in [5.74, 6) is 0.524. The number of aliphatic hydroxyl groups is 1. The molecule has 0 aromatic heterocycles. The molecule has 0 fully saturated rings. The number of alkyl halides is 2. The van der Waals surface area contributed by atoms with E-state index >= 15 is 0 Å². The van der Waals surface area contributed by atoms with Crippen LogP contribution in [0.4, 0.5) is 8.78 Å². The smallest absolute Gasteiger partial charge is 0.387 e. The van der Waals surface area contributed by atoms with Crippen LogP contribution < -0.4 is 10.1 Å². The Balaban J connectivity index is 2.44. The number of nitrogens with one attached hydrogen (secondary N) is 1. The Bertz CT molecular complexity index is 372. The molecule has 1 aromatic carbocycles. The third-order valence-corrected chi connectivity index (χ3v) is 2.74. The molecule has 0 saturated heterocycles. The second-order valence-corrected chi connectivity index (χ2v) is 4.81. The molecule has 1 rings (SSSR count). The van der Waals surface area contributed by atoms with Crippen molar-refractivity contribution in [2.24, 2.45) is 5.92 Å². The second kappa shape index (κ2) is 8.07. The molecule has 2 N–H and O–H groups in total. The third-order valence-electron chi connectivity index (χ3n) is 2.74. The molecule has 1 aromatic rings. The number of para-hydroxylation sites is 1. The quantitative estimate of drug-likeness (QED) is 0.765. The molecule has 0 bridgehead atoms. The van der Waals surface area contributed by atoms with Crippen molar-refractivity contribution in [3.63, 3.8) is 0 Å². The molecule has 3 nitrogen and oxygen atoms in total. The largest absolute Gasteiger partial charge is 0.434 e. The first-order valence-electron chi connectivity index (χ1n) is 6.40. The van der Waals surface area contributed by atoms with Gasteiger partial charge in [-0.25, -0.2) is 0 Å². The topological polar surface area (TPSA) is 41.5 Å². The summed E-state index contributed by atoms with van der Waals surface area (Å²) in [6.45, 7) is 2.15. The summed E-state index contributed by atoms with van der Waals surface area (Å²) in [6, 6.07) is 6.73. The van der Waals surface area contributed by atoms with Crippen LogP contribution in [0.2, 0.25) is 0 Å². The van der Waals surface area contributed by atoms with E-state index in [0.717, 1.165) is 0 Å². The Morgan fingerprint density at radius 2 is 1.95 bits per heavy atom. The lowest BCUT2D eigenvalue weighted by Crippen LogP contribution is -2.23. The highest BCUT2D eigenvalue weighted by Gasteiger charge is 2.10. The number of rotatable bonds is 8. The van der Waals surface area contributed by atoms with Crippen molar-refractivity contribution in [3.05, 3.63) is 29.8 Å². The number of benzene rings is 1. The highest BCUT2D eigenvalue weighted by atomic mass is 19.3. The zero-order valence-electron chi connectivity index (χ0n) is 11.3. The Hall–Kier alpha value is -1.20. The van der Waals surface area contributed by atoms with Crippen LogP contribution in [0.25, 0.3) is 0 Å². The second-order valence-electron chi connectivity index (χ2n) is 4.81. The summed E-state index contributed by atoms with van der Waals surface area (Å²) in [7, 11) is 0. The molecule has 0 saturated carbocycles. The van der Waals surface area contributed by atoms with Gasteiger partial charge >= 0.3 is 6.61 Å². The van der Waals surface area contributed by atoms with Gasteiger partial charge in [0.05, 0.1) is 6.10 Å². The minimum atomic E-state index is -2.81. The number of aliphatic hydroxyl groups excluding tert-OH is 1. The first kappa shape index (κ1) is 15.9. The SMILES string of the molecule is CC(O)CC(C)CNCc1ccccc1OC(F)F. The summed E-state index contributed by atoms with van der Waals surface area (Å²) >= 11 is 0. The number of hydrogen-bond acceptors (Lipinski definition) is 3. The average molecular weight is 273 g/mol. The molecule has 0 radical (unpaired) electrons. The first-order valence-corrected chi connectivity index (χ1v) is 6.40. The van der Waals surface area contributed by atoms with E-state index in [-0.39, 0.29) is 11.9 Å². The van der Waals surface area contributed by atoms with Crippen LogP contribution in [-0.2, 0) is 6.54 Å². The Morgan fingerprint density at radius 1 is 1.26 bits per heavy atom. The van der Waals surface area contributed by atoms with E-state index < -0.39 is 6.61 Å². The van der Waals surface area contributed by atoms with Crippen LogP contribution in [0.5, 0.6) is 5.75 Å². The zero-order valence-corrected chi connectivity index (χ0v) is 11.3. The van der Waals surface area contributed by atoms with Crippen LogP contribution in [-0.4, -0.2) is 24.4 Å². The zero-order chi connectivity index (χ0) is 14.3. The molecule has 0 heterocycles. The molecule has 0 spiro atoms. The summed E-state index contributed by atoms with van der Waals surface area (Å²) in [5, 5.41) is 12.4. The van der Waals surface area contributed by atoms with Crippen LogP contribution in [0.1, 0.15) is 25.8 Å². The molecule has 0 aliphatic heterocycles. The van der Waals surface area contributed by atoms with Crippen molar-refractivity contribution in [3.8, 4) is 5.75 Å². The Morgan fingerprint density at radius 3 is 2.58 bits per heavy atom. The summed E-state index contributed by atoms with van der Waals surface area (Å²) in [5.41, 5.74) is 0.701. The summed E-state index contributed by atoms with van der Waals surface area (Å²) < 4.78 is 28.9. The van der Waals surface area contributed by atoms with Gasteiger partial charge in [-0.1, -0.05) is 25.1 Å². The first-order chi connectivity index (χ1) is 8.99. The molecule has 0 aliphatic carbocycles. The Labute approximate surface area is 112 Å². The highest BCUT2D eigenvalue weighted by molar-refractivity contribution is 5.33. The van der Waals surface area contributed by atoms with E-state index in [1.807, 2.05) is 6.92 Å². The van der Waals surface area contributed by atoms with Crippen LogP contribution >= 0.6 is 0 Å². The fourth-order valence-electron chi connectivity index (χ4n) is 1.98. The van der Waals surface area contributed by atoms with E-state index in [2.05, 4.69) is 10.1 Å². The molecule has 0 amide bonds. The van der Waals surface area contributed by atoms with Gasteiger partial charge in [-0.15, -0.1) is 0 Å². The maximum Gasteiger partial charge on any atom is 0.387 e. The van der Waals surface area contributed by atoms with Crippen LogP contribution in [0.3, 0.4) is 0 Å². The van der Waals surface area contributed by atoms with Gasteiger partial charge in [0, 0.05) is 12.1 Å². The fraction of sp³-hybridized carbons (Fsp3) is 0.571. The molecule has 5 heteroatoms. The molecular formula is C14H21F2NO2. The van der Waals surface area contributed by atoms with Gasteiger partial charge in [0.2, 0.25) is 0 Å². The minimum Gasteiger partial charge on any atom is -0.434 e. The molecule has 0 aliphatic rings. The van der Waals surface area contributed by atoms with Crippen molar-refractivity contribution in [1.82, 2.24) is 5.32 Å². The van der Waals surface area contributed by atoms with Gasteiger partial charge in [0.25, 0.3) is 0 Å². The molecule has 108 valence electrons. The number of ether oxygens (including phenoxy) is 1. The minimum absolute atomic E-state index is 0.202. The van der Waals surface area contributed by atoms with Gasteiger partial charge in [0.15, 0.2) is 0 Å². The number of hydrogen-bond donors (Lipinski definition) is 2. The van der Waals surface area contributed by atoms with E-state index in [0.29, 0.717) is 31.0 Å². The van der Waals surface area contributed by atoms with E-state index in [4.69, 9.17) is 0 Å². The average Bonchev–Trinajstić information content (AvgIpc) is 2.29. The van der Waals surface area contributed by atoms with E-state index in [9.17, 15) is 13.9 Å². The number of halogens is 2. The lowest BCUT2D eigenvalue weighted by Gasteiger charge is -2.15. The lowest BCUT2D eigenvalue weighted by molar-refractivity contribution is -0.0505. The van der Waals surface area contributed by atoms with E-state index in [1.54, 1.807) is 25.1 Å². The third kappa shape index (κ3) is 6.50. The fourth-order valence-corrected chi connectivity index (χ4v) is 1.98. The van der Waals surface area contributed by atoms with Crippen LogP contribution in [0, 0.1) is 5.92 Å². The molecule has 2 unspecified atom stereocenters. The standard InChI is InChI=1S/C14H21F2NO2/c1-10(7-11(2)18)8-17-9-12-5-3-4-6-13(12)19-14(15)16/h3-6,10-11,14,17-18H,7-9H2,1-2H3. The maximum absolute atomic E-state index is 12.2. The summed E-state index contributed by atoms with van der Waals surface area (Å²) in [6.07, 6.45) is 0.383. The van der Waals surface area contributed by atoms with E-state index in [1.165, 1.54) is 6.07 Å². The van der Waals surface area contributed by atoms with Gasteiger partial charge < -0.3 is 15.2 Å².